The minimum atomic E-state index is -0.230. The number of carbonyl (C=O) groups excluding carboxylic acids is 2. The van der Waals surface area contributed by atoms with Crippen molar-refractivity contribution in [2.24, 2.45) is 5.92 Å². The summed E-state index contributed by atoms with van der Waals surface area (Å²) in [6.07, 6.45) is 2.04. The van der Waals surface area contributed by atoms with E-state index in [0.29, 0.717) is 17.3 Å². The molecule has 5 nitrogen and oxygen atoms in total. The number of anilines is 2. The highest BCUT2D eigenvalue weighted by Gasteiger charge is 2.08. The fraction of sp³-hybridized carbons (Fsp3) is 0.500. The molecule has 0 radical (unpaired) electrons. The SMILES string of the molecule is CC(=O)Nc1cccc(NC(=O)NC(C)CCC(C)C)c1. The molecule has 0 aliphatic rings. The molecule has 0 heterocycles. The van der Waals surface area contributed by atoms with Crippen LogP contribution in [0.2, 0.25) is 0 Å². The van der Waals surface area contributed by atoms with Crippen LogP contribution in [-0.2, 0) is 4.79 Å². The van der Waals surface area contributed by atoms with Crippen molar-refractivity contribution in [3.8, 4) is 0 Å². The fourth-order valence-electron chi connectivity index (χ4n) is 1.92. The molecule has 5 heteroatoms. The zero-order valence-corrected chi connectivity index (χ0v) is 13.2. The Hall–Kier alpha value is -2.04. The van der Waals surface area contributed by atoms with Gasteiger partial charge in [-0.25, -0.2) is 4.79 Å². The second-order valence-electron chi connectivity index (χ2n) is 5.73. The Morgan fingerprint density at radius 3 is 2.24 bits per heavy atom. The molecular formula is C16H25N3O2. The van der Waals surface area contributed by atoms with E-state index in [-0.39, 0.29) is 18.0 Å². The summed E-state index contributed by atoms with van der Waals surface area (Å²) in [4.78, 5) is 22.9. The van der Waals surface area contributed by atoms with E-state index < -0.39 is 0 Å². The van der Waals surface area contributed by atoms with Crippen molar-refractivity contribution in [1.82, 2.24) is 5.32 Å². The Bertz CT molecular complexity index is 486. The van der Waals surface area contributed by atoms with Gasteiger partial charge in [-0.05, 0) is 43.9 Å². The van der Waals surface area contributed by atoms with E-state index in [0.717, 1.165) is 12.8 Å². The lowest BCUT2D eigenvalue weighted by molar-refractivity contribution is -0.114. The van der Waals surface area contributed by atoms with Crippen molar-refractivity contribution >= 4 is 23.3 Å². The van der Waals surface area contributed by atoms with Gasteiger partial charge in [-0.15, -0.1) is 0 Å². The second-order valence-corrected chi connectivity index (χ2v) is 5.73. The van der Waals surface area contributed by atoms with Gasteiger partial charge in [0.15, 0.2) is 0 Å². The first kappa shape index (κ1) is 17.0. The largest absolute Gasteiger partial charge is 0.335 e. The molecule has 0 aliphatic carbocycles. The number of urea groups is 1. The highest BCUT2D eigenvalue weighted by molar-refractivity contribution is 5.92. The summed E-state index contributed by atoms with van der Waals surface area (Å²) in [5, 5.41) is 8.36. The third-order valence-corrected chi connectivity index (χ3v) is 3.00. The van der Waals surface area contributed by atoms with Crippen molar-refractivity contribution in [1.29, 1.82) is 0 Å². The molecule has 0 saturated carbocycles. The highest BCUT2D eigenvalue weighted by Crippen LogP contribution is 2.15. The monoisotopic (exact) mass is 291 g/mol. The molecule has 116 valence electrons. The molecule has 3 N–H and O–H groups in total. The second kappa shape index (κ2) is 8.29. The number of hydrogen-bond acceptors (Lipinski definition) is 2. The lowest BCUT2D eigenvalue weighted by Gasteiger charge is -2.16. The predicted molar refractivity (Wildman–Crippen MR) is 86.4 cm³/mol. The Labute approximate surface area is 126 Å². The molecule has 0 fully saturated rings. The Kier molecular flexibility index (Phi) is 6.72. The lowest BCUT2D eigenvalue weighted by Crippen LogP contribution is -2.36. The van der Waals surface area contributed by atoms with E-state index in [2.05, 4.69) is 29.8 Å². The van der Waals surface area contributed by atoms with Crippen LogP contribution in [0, 0.1) is 5.92 Å². The Balaban J connectivity index is 2.48. The Morgan fingerprint density at radius 1 is 1.05 bits per heavy atom. The topological polar surface area (TPSA) is 70.2 Å². The molecule has 1 atom stereocenters. The van der Waals surface area contributed by atoms with E-state index in [4.69, 9.17) is 0 Å². The third kappa shape index (κ3) is 7.34. The molecule has 1 aromatic rings. The fourth-order valence-corrected chi connectivity index (χ4v) is 1.92. The molecule has 0 bridgehead atoms. The van der Waals surface area contributed by atoms with Crippen molar-refractivity contribution < 1.29 is 9.59 Å². The van der Waals surface area contributed by atoms with Crippen LogP contribution in [0.5, 0.6) is 0 Å². The van der Waals surface area contributed by atoms with Crippen LogP contribution in [0.15, 0.2) is 24.3 Å². The molecule has 0 aliphatic heterocycles. The normalized spacial score (nSPS) is 11.9. The molecule has 0 saturated heterocycles. The summed E-state index contributed by atoms with van der Waals surface area (Å²) in [6, 6.07) is 6.96. The summed E-state index contributed by atoms with van der Waals surface area (Å²) in [6.45, 7) is 7.78. The highest BCUT2D eigenvalue weighted by atomic mass is 16.2. The number of carbonyl (C=O) groups is 2. The van der Waals surface area contributed by atoms with Gasteiger partial charge >= 0.3 is 6.03 Å². The van der Waals surface area contributed by atoms with Gasteiger partial charge in [-0.1, -0.05) is 19.9 Å². The first-order chi connectivity index (χ1) is 9.86. The first-order valence-corrected chi connectivity index (χ1v) is 7.32. The number of amides is 3. The van der Waals surface area contributed by atoms with Crippen molar-refractivity contribution in [2.45, 2.75) is 46.6 Å². The van der Waals surface area contributed by atoms with Crippen LogP contribution < -0.4 is 16.0 Å². The average Bonchev–Trinajstić information content (AvgIpc) is 2.35. The summed E-state index contributed by atoms with van der Waals surface area (Å²) in [7, 11) is 0. The van der Waals surface area contributed by atoms with Crippen LogP contribution in [0.1, 0.15) is 40.5 Å². The zero-order valence-electron chi connectivity index (χ0n) is 13.2. The zero-order chi connectivity index (χ0) is 15.8. The third-order valence-electron chi connectivity index (χ3n) is 3.00. The minimum Gasteiger partial charge on any atom is -0.335 e. The maximum Gasteiger partial charge on any atom is 0.319 e. The number of nitrogens with one attached hydrogen (secondary N) is 3. The van der Waals surface area contributed by atoms with Gasteiger partial charge in [0, 0.05) is 24.3 Å². The van der Waals surface area contributed by atoms with Crippen LogP contribution in [-0.4, -0.2) is 18.0 Å². The lowest BCUT2D eigenvalue weighted by atomic mass is 10.0. The summed E-state index contributed by atoms with van der Waals surface area (Å²) >= 11 is 0. The van der Waals surface area contributed by atoms with Gasteiger partial charge in [-0.2, -0.15) is 0 Å². The summed E-state index contributed by atoms with van der Waals surface area (Å²) in [5.41, 5.74) is 1.31. The van der Waals surface area contributed by atoms with E-state index >= 15 is 0 Å². The number of hydrogen-bond donors (Lipinski definition) is 3. The van der Waals surface area contributed by atoms with Gasteiger partial charge < -0.3 is 16.0 Å². The molecule has 1 aromatic carbocycles. The summed E-state index contributed by atoms with van der Waals surface area (Å²) < 4.78 is 0. The van der Waals surface area contributed by atoms with Crippen LogP contribution in [0.25, 0.3) is 0 Å². The van der Waals surface area contributed by atoms with Crippen LogP contribution in [0.3, 0.4) is 0 Å². The van der Waals surface area contributed by atoms with E-state index in [1.807, 2.05) is 6.92 Å². The van der Waals surface area contributed by atoms with E-state index in [1.54, 1.807) is 24.3 Å². The molecule has 3 amide bonds. The standard InChI is InChI=1S/C16H25N3O2/c1-11(2)8-9-12(3)17-16(21)19-15-7-5-6-14(10-15)18-13(4)20/h5-7,10-12H,8-9H2,1-4H3,(H,18,20)(H2,17,19,21). The van der Waals surface area contributed by atoms with Gasteiger partial charge in [0.05, 0.1) is 0 Å². The number of rotatable bonds is 6. The summed E-state index contributed by atoms with van der Waals surface area (Å²) in [5.74, 6) is 0.491. The van der Waals surface area contributed by atoms with Crippen molar-refractivity contribution in [2.75, 3.05) is 10.6 Å². The number of benzene rings is 1. The molecule has 1 rings (SSSR count). The minimum absolute atomic E-state index is 0.130. The quantitative estimate of drug-likeness (QED) is 0.749. The van der Waals surface area contributed by atoms with E-state index in [9.17, 15) is 9.59 Å². The average molecular weight is 291 g/mol. The molecule has 0 spiro atoms. The van der Waals surface area contributed by atoms with Gasteiger partial charge in [0.2, 0.25) is 5.91 Å². The maximum atomic E-state index is 11.9. The van der Waals surface area contributed by atoms with Crippen molar-refractivity contribution in [3.63, 3.8) is 0 Å². The van der Waals surface area contributed by atoms with Crippen LogP contribution in [0.4, 0.5) is 16.2 Å². The van der Waals surface area contributed by atoms with E-state index in [1.165, 1.54) is 6.92 Å². The van der Waals surface area contributed by atoms with Crippen molar-refractivity contribution in [3.05, 3.63) is 24.3 Å². The maximum absolute atomic E-state index is 11.9. The molecule has 1 unspecified atom stereocenters. The molecule has 21 heavy (non-hydrogen) atoms. The molecular weight excluding hydrogens is 266 g/mol. The first-order valence-electron chi connectivity index (χ1n) is 7.32. The van der Waals surface area contributed by atoms with Gasteiger partial charge in [-0.3, -0.25) is 4.79 Å². The smallest absolute Gasteiger partial charge is 0.319 e. The van der Waals surface area contributed by atoms with Gasteiger partial charge in [0.25, 0.3) is 0 Å². The van der Waals surface area contributed by atoms with Crippen LogP contribution >= 0.6 is 0 Å². The van der Waals surface area contributed by atoms with Gasteiger partial charge in [0.1, 0.15) is 0 Å². The molecule has 0 aromatic heterocycles. The predicted octanol–water partition coefficient (Wildman–Crippen LogP) is 3.59. The Morgan fingerprint density at radius 2 is 1.67 bits per heavy atom.